The fourth-order valence-electron chi connectivity index (χ4n) is 3.03. The molecule has 2 aromatic heterocycles. The first kappa shape index (κ1) is 19.4. The Morgan fingerprint density at radius 3 is 2.53 bits per heavy atom. The number of pyridine rings is 1. The van der Waals surface area contributed by atoms with E-state index < -0.39 is 17.7 Å². The van der Waals surface area contributed by atoms with Crippen LogP contribution in [0.4, 0.5) is 23.7 Å². The monoisotopic (exact) mass is 411 g/mol. The minimum absolute atomic E-state index is 0.129. The number of amides is 2. The summed E-state index contributed by atoms with van der Waals surface area (Å²) in [6.07, 6.45) is 1.63. The van der Waals surface area contributed by atoms with E-state index in [2.05, 4.69) is 20.6 Å². The van der Waals surface area contributed by atoms with E-state index in [1.54, 1.807) is 29.0 Å². The van der Waals surface area contributed by atoms with Gasteiger partial charge in [0, 0.05) is 30.9 Å². The van der Waals surface area contributed by atoms with E-state index in [9.17, 15) is 18.0 Å². The second-order valence-corrected chi connectivity index (χ2v) is 6.45. The lowest BCUT2D eigenvalue weighted by molar-refractivity contribution is 0.251. The molecule has 0 aliphatic rings. The van der Waals surface area contributed by atoms with Crippen molar-refractivity contribution in [1.29, 1.82) is 0 Å². The summed E-state index contributed by atoms with van der Waals surface area (Å²) >= 11 is 0. The van der Waals surface area contributed by atoms with Gasteiger partial charge in [0.15, 0.2) is 5.65 Å². The maximum absolute atomic E-state index is 13.7. The van der Waals surface area contributed by atoms with E-state index in [0.29, 0.717) is 35.2 Å². The van der Waals surface area contributed by atoms with Crippen molar-refractivity contribution in [2.24, 2.45) is 0 Å². The summed E-state index contributed by atoms with van der Waals surface area (Å²) in [7, 11) is 0. The number of halogens is 3. The molecule has 0 saturated carbocycles. The van der Waals surface area contributed by atoms with E-state index in [1.807, 2.05) is 6.07 Å². The van der Waals surface area contributed by atoms with Crippen LogP contribution in [0.5, 0.6) is 0 Å². The van der Waals surface area contributed by atoms with Gasteiger partial charge in [0.2, 0.25) is 0 Å². The number of carbonyl (C=O) groups excluding carboxylic acids is 1. The average molecular weight is 411 g/mol. The van der Waals surface area contributed by atoms with Crippen molar-refractivity contribution < 1.29 is 18.0 Å². The van der Waals surface area contributed by atoms with E-state index in [-0.39, 0.29) is 18.0 Å². The number of benzene rings is 2. The molecule has 30 heavy (non-hydrogen) atoms. The summed E-state index contributed by atoms with van der Waals surface area (Å²) in [4.78, 5) is 21.0. The molecule has 2 amide bonds. The van der Waals surface area contributed by atoms with Gasteiger partial charge in [-0.1, -0.05) is 0 Å². The summed E-state index contributed by atoms with van der Waals surface area (Å²) in [6.45, 7) is 0.504. The van der Waals surface area contributed by atoms with Gasteiger partial charge in [-0.25, -0.2) is 27.9 Å². The molecule has 0 saturated heterocycles. The summed E-state index contributed by atoms with van der Waals surface area (Å²) < 4.78 is 41.7. The minimum Gasteiger partial charge on any atom is -0.336 e. The molecule has 2 N–H and O–H groups in total. The first-order valence-corrected chi connectivity index (χ1v) is 9.08. The number of nitrogens with zero attached hydrogens (tertiary/aromatic N) is 3. The minimum atomic E-state index is -0.867. The van der Waals surface area contributed by atoms with Gasteiger partial charge in [-0.3, -0.25) is 0 Å². The van der Waals surface area contributed by atoms with Crippen LogP contribution in [0.1, 0.15) is 0 Å². The molecule has 9 heteroatoms. The van der Waals surface area contributed by atoms with Gasteiger partial charge in [-0.05, 0) is 48.5 Å². The van der Waals surface area contributed by atoms with Crippen molar-refractivity contribution in [3.63, 3.8) is 0 Å². The number of hydrogen-bond acceptors (Lipinski definition) is 3. The standard InChI is InChI=1S/C21H16F3N5O/c22-14-5-3-13(4-6-14)19-27-18-2-1-9-25-20(18)29(19)11-10-26-21(30)28-17-8-7-15(23)12-16(17)24/h1-9,12H,10-11H2,(H2,26,28,30). The predicted octanol–water partition coefficient (Wildman–Crippen LogP) is 4.34. The lowest BCUT2D eigenvalue weighted by atomic mass is 10.2. The van der Waals surface area contributed by atoms with Gasteiger partial charge in [0.1, 0.15) is 28.8 Å². The van der Waals surface area contributed by atoms with Gasteiger partial charge in [-0.2, -0.15) is 0 Å². The van der Waals surface area contributed by atoms with Gasteiger partial charge in [0.05, 0.1) is 5.69 Å². The van der Waals surface area contributed by atoms with E-state index in [1.165, 1.54) is 12.1 Å². The molecule has 4 rings (SSSR count). The molecule has 0 radical (unpaired) electrons. The third-order valence-corrected chi connectivity index (χ3v) is 4.41. The third-order valence-electron chi connectivity index (χ3n) is 4.41. The number of nitrogens with one attached hydrogen (secondary N) is 2. The molecule has 152 valence electrons. The van der Waals surface area contributed by atoms with Crippen LogP contribution >= 0.6 is 0 Å². The van der Waals surface area contributed by atoms with Gasteiger partial charge >= 0.3 is 6.03 Å². The van der Waals surface area contributed by atoms with Gasteiger partial charge < -0.3 is 15.2 Å². The molecule has 0 fully saturated rings. The molecule has 0 aliphatic heterocycles. The molecule has 0 unspecified atom stereocenters. The first-order chi connectivity index (χ1) is 14.5. The molecule has 2 aromatic carbocycles. The number of carbonyl (C=O) groups is 1. The lowest BCUT2D eigenvalue weighted by Gasteiger charge is -2.11. The number of anilines is 1. The normalized spacial score (nSPS) is 10.9. The number of hydrogen-bond donors (Lipinski definition) is 2. The number of rotatable bonds is 5. The number of fused-ring (bicyclic) bond motifs is 1. The molecule has 0 aliphatic carbocycles. The SMILES string of the molecule is O=C(NCCn1c(-c2ccc(F)cc2)nc2cccnc21)Nc1ccc(F)cc1F. The summed E-state index contributed by atoms with van der Waals surface area (Å²) in [5, 5.41) is 4.95. The van der Waals surface area contributed by atoms with Crippen molar-refractivity contribution in [1.82, 2.24) is 19.9 Å². The Hall–Kier alpha value is -3.88. The van der Waals surface area contributed by atoms with Crippen molar-refractivity contribution in [3.8, 4) is 11.4 Å². The number of imidazole rings is 1. The smallest absolute Gasteiger partial charge is 0.319 e. The lowest BCUT2D eigenvalue weighted by Crippen LogP contribution is -2.32. The zero-order valence-corrected chi connectivity index (χ0v) is 15.6. The predicted molar refractivity (Wildman–Crippen MR) is 106 cm³/mol. The first-order valence-electron chi connectivity index (χ1n) is 9.08. The number of urea groups is 1. The Morgan fingerprint density at radius 1 is 1.00 bits per heavy atom. The van der Waals surface area contributed by atoms with Gasteiger partial charge in [0.25, 0.3) is 0 Å². The molecule has 0 atom stereocenters. The van der Waals surface area contributed by atoms with Gasteiger partial charge in [-0.15, -0.1) is 0 Å². The fraction of sp³-hybridized carbons (Fsp3) is 0.0952. The molecule has 0 spiro atoms. The Bertz CT molecular complexity index is 1210. The van der Waals surface area contributed by atoms with E-state index in [0.717, 1.165) is 12.1 Å². The number of aromatic nitrogens is 3. The summed E-state index contributed by atoms with van der Waals surface area (Å²) in [6, 6.07) is 11.7. The zero-order valence-electron chi connectivity index (χ0n) is 15.6. The molecule has 2 heterocycles. The van der Waals surface area contributed by atoms with Crippen molar-refractivity contribution in [2.45, 2.75) is 6.54 Å². The highest BCUT2D eigenvalue weighted by Crippen LogP contribution is 2.23. The maximum atomic E-state index is 13.7. The van der Waals surface area contributed by atoms with Crippen molar-refractivity contribution in [3.05, 3.63) is 78.2 Å². The molecular weight excluding hydrogens is 395 g/mol. The van der Waals surface area contributed by atoms with Crippen molar-refractivity contribution in [2.75, 3.05) is 11.9 Å². The zero-order chi connectivity index (χ0) is 21.1. The van der Waals surface area contributed by atoms with E-state index in [4.69, 9.17) is 0 Å². The van der Waals surface area contributed by atoms with Crippen LogP contribution in [0, 0.1) is 17.5 Å². The Morgan fingerprint density at radius 2 is 1.77 bits per heavy atom. The highest BCUT2D eigenvalue weighted by molar-refractivity contribution is 5.89. The van der Waals surface area contributed by atoms with Crippen LogP contribution in [-0.2, 0) is 6.54 Å². The van der Waals surface area contributed by atoms with Crippen molar-refractivity contribution >= 4 is 22.9 Å². The summed E-state index contributed by atoms with van der Waals surface area (Å²) in [5.41, 5.74) is 1.85. The highest BCUT2D eigenvalue weighted by Gasteiger charge is 2.14. The molecular formula is C21H16F3N5O. The van der Waals surface area contributed by atoms with Crippen LogP contribution in [0.3, 0.4) is 0 Å². The highest BCUT2D eigenvalue weighted by atomic mass is 19.1. The fourth-order valence-corrected chi connectivity index (χ4v) is 3.03. The Kier molecular flexibility index (Phi) is 5.34. The van der Waals surface area contributed by atoms with Crippen LogP contribution in [0.2, 0.25) is 0 Å². The summed E-state index contributed by atoms with van der Waals surface area (Å²) in [5.74, 6) is -1.37. The second kappa shape index (κ2) is 8.24. The Balaban J connectivity index is 1.50. The largest absolute Gasteiger partial charge is 0.336 e. The Labute approximate surface area is 169 Å². The van der Waals surface area contributed by atoms with E-state index >= 15 is 0 Å². The molecule has 0 bridgehead atoms. The van der Waals surface area contributed by atoms with Crippen LogP contribution < -0.4 is 10.6 Å². The van der Waals surface area contributed by atoms with Crippen LogP contribution in [-0.4, -0.2) is 27.1 Å². The molecule has 4 aromatic rings. The third kappa shape index (κ3) is 4.09. The second-order valence-electron chi connectivity index (χ2n) is 6.45. The van der Waals surface area contributed by atoms with Crippen LogP contribution in [0.25, 0.3) is 22.6 Å². The molecule has 6 nitrogen and oxygen atoms in total. The maximum Gasteiger partial charge on any atom is 0.319 e. The average Bonchev–Trinajstić information content (AvgIpc) is 3.09. The van der Waals surface area contributed by atoms with Crippen LogP contribution in [0.15, 0.2) is 60.8 Å². The topological polar surface area (TPSA) is 71.8 Å². The quantitative estimate of drug-likeness (QED) is 0.513.